The minimum atomic E-state index is -0.570. The molecule has 110 valence electrons. The normalized spacial score (nSPS) is 10.2. The van der Waals surface area contributed by atoms with E-state index in [0.29, 0.717) is 6.54 Å². The lowest BCUT2D eigenvalue weighted by Crippen LogP contribution is -2.10. The van der Waals surface area contributed by atoms with E-state index in [1.54, 1.807) is 25.4 Å². The summed E-state index contributed by atoms with van der Waals surface area (Å²) in [5.74, 6) is -1.09. The van der Waals surface area contributed by atoms with Crippen LogP contribution in [0.25, 0.3) is 0 Å². The minimum Gasteiger partial charge on any atom is -0.462 e. The van der Waals surface area contributed by atoms with E-state index >= 15 is 0 Å². The number of carbonyl (C=O) groups excluding carboxylic acids is 1. The van der Waals surface area contributed by atoms with Crippen molar-refractivity contribution >= 4 is 17.3 Å². The van der Waals surface area contributed by atoms with Gasteiger partial charge in [0.05, 0.1) is 17.9 Å². The molecule has 0 spiro atoms. The van der Waals surface area contributed by atoms with E-state index < -0.39 is 11.8 Å². The van der Waals surface area contributed by atoms with Gasteiger partial charge in [-0.1, -0.05) is 6.07 Å². The first-order valence-electron chi connectivity index (χ1n) is 6.50. The van der Waals surface area contributed by atoms with Crippen molar-refractivity contribution in [1.82, 2.24) is 4.98 Å². The third kappa shape index (κ3) is 3.68. The predicted molar refractivity (Wildman–Crippen MR) is 78.3 cm³/mol. The molecule has 0 aliphatic heterocycles. The Kier molecular flexibility index (Phi) is 4.71. The standard InChI is InChI=1S/C15H16FN3O2/c1-2-21-15(20)11-6-14(12(16)7-13(11)17)19-9-10-4-3-5-18-8-10/h3-8,19H,2,9,17H2,1H3. The SMILES string of the molecule is CCOC(=O)c1cc(NCc2cccnc2)c(F)cc1N. The molecule has 5 nitrogen and oxygen atoms in total. The fraction of sp³-hybridized carbons (Fsp3) is 0.200. The topological polar surface area (TPSA) is 77.2 Å². The van der Waals surface area contributed by atoms with Crippen LogP contribution in [0, 0.1) is 5.82 Å². The van der Waals surface area contributed by atoms with Gasteiger partial charge in [0.15, 0.2) is 0 Å². The van der Waals surface area contributed by atoms with Crippen LogP contribution in [0.2, 0.25) is 0 Å². The summed E-state index contributed by atoms with van der Waals surface area (Å²) in [6, 6.07) is 6.12. The first-order chi connectivity index (χ1) is 10.1. The Balaban J connectivity index is 2.19. The smallest absolute Gasteiger partial charge is 0.340 e. The third-order valence-electron chi connectivity index (χ3n) is 2.84. The van der Waals surface area contributed by atoms with Gasteiger partial charge < -0.3 is 15.8 Å². The molecule has 1 aromatic carbocycles. The molecule has 3 N–H and O–H groups in total. The average molecular weight is 289 g/mol. The number of aromatic nitrogens is 1. The number of benzene rings is 1. The van der Waals surface area contributed by atoms with Gasteiger partial charge in [-0.05, 0) is 30.7 Å². The van der Waals surface area contributed by atoms with E-state index in [9.17, 15) is 9.18 Å². The van der Waals surface area contributed by atoms with Crippen LogP contribution in [0.15, 0.2) is 36.7 Å². The Morgan fingerprint density at radius 3 is 2.95 bits per heavy atom. The van der Waals surface area contributed by atoms with Crippen molar-refractivity contribution in [1.29, 1.82) is 0 Å². The molecule has 0 fully saturated rings. The number of ether oxygens (including phenoxy) is 1. The molecular weight excluding hydrogens is 273 g/mol. The van der Waals surface area contributed by atoms with Gasteiger partial charge in [0.1, 0.15) is 5.82 Å². The largest absolute Gasteiger partial charge is 0.462 e. The molecule has 0 radical (unpaired) electrons. The number of esters is 1. The number of pyridine rings is 1. The number of halogens is 1. The van der Waals surface area contributed by atoms with E-state index in [-0.39, 0.29) is 23.5 Å². The van der Waals surface area contributed by atoms with Crippen LogP contribution in [-0.2, 0) is 11.3 Å². The minimum absolute atomic E-state index is 0.0536. The fourth-order valence-corrected chi connectivity index (χ4v) is 1.81. The number of nitrogens with two attached hydrogens (primary N) is 1. The molecule has 0 aliphatic carbocycles. The quantitative estimate of drug-likeness (QED) is 0.653. The summed E-state index contributed by atoms with van der Waals surface area (Å²) in [6.07, 6.45) is 3.33. The number of carbonyl (C=O) groups is 1. The van der Waals surface area contributed by atoms with E-state index in [4.69, 9.17) is 10.5 Å². The van der Waals surface area contributed by atoms with Gasteiger partial charge >= 0.3 is 5.97 Å². The van der Waals surface area contributed by atoms with Crippen LogP contribution >= 0.6 is 0 Å². The van der Waals surface area contributed by atoms with Crippen molar-refractivity contribution in [2.75, 3.05) is 17.7 Å². The number of anilines is 2. The van der Waals surface area contributed by atoms with Gasteiger partial charge in [0, 0.05) is 24.6 Å². The van der Waals surface area contributed by atoms with Crippen molar-refractivity contribution in [2.24, 2.45) is 0 Å². The predicted octanol–water partition coefficient (Wildman–Crippen LogP) is 2.59. The summed E-state index contributed by atoms with van der Waals surface area (Å²) in [4.78, 5) is 15.7. The van der Waals surface area contributed by atoms with Gasteiger partial charge in [0.2, 0.25) is 0 Å². The Hall–Kier alpha value is -2.63. The van der Waals surface area contributed by atoms with Crippen LogP contribution in [0.1, 0.15) is 22.8 Å². The summed E-state index contributed by atoms with van der Waals surface area (Å²) >= 11 is 0. The second-order valence-electron chi connectivity index (χ2n) is 4.35. The number of nitrogen functional groups attached to an aromatic ring is 1. The molecule has 6 heteroatoms. The van der Waals surface area contributed by atoms with Crippen LogP contribution in [0.3, 0.4) is 0 Å². The van der Waals surface area contributed by atoms with E-state index in [1.165, 1.54) is 6.07 Å². The maximum Gasteiger partial charge on any atom is 0.340 e. The molecule has 1 heterocycles. The first kappa shape index (κ1) is 14.8. The Bertz CT molecular complexity index is 632. The van der Waals surface area contributed by atoms with Crippen LogP contribution in [0.4, 0.5) is 15.8 Å². The second kappa shape index (κ2) is 6.69. The molecule has 21 heavy (non-hydrogen) atoms. The summed E-state index contributed by atoms with van der Waals surface area (Å²) in [5.41, 5.74) is 6.93. The monoisotopic (exact) mass is 289 g/mol. The highest BCUT2D eigenvalue weighted by atomic mass is 19.1. The molecule has 1 aromatic heterocycles. The number of rotatable bonds is 5. The van der Waals surface area contributed by atoms with Gasteiger partial charge in [-0.3, -0.25) is 4.98 Å². The molecular formula is C15H16FN3O2. The van der Waals surface area contributed by atoms with Gasteiger partial charge in [-0.25, -0.2) is 9.18 Å². The highest BCUT2D eigenvalue weighted by molar-refractivity contribution is 5.96. The zero-order valence-electron chi connectivity index (χ0n) is 11.6. The molecule has 2 rings (SSSR count). The molecule has 0 saturated heterocycles. The summed E-state index contributed by atoms with van der Waals surface area (Å²) in [5, 5.41) is 2.92. The van der Waals surface area contributed by atoms with Gasteiger partial charge in [-0.15, -0.1) is 0 Å². The molecule has 2 aromatic rings. The van der Waals surface area contributed by atoms with Crippen molar-refractivity contribution in [2.45, 2.75) is 13.5 Å². The van der Waals surface area contributed by atoms with Crippen molar-refractivity contribution in [3.05, 3.63) is 53.6 Å². The van der Waals surface area contributed by atoms with Gasteiger partial charge in [-0.2, -0.15) is 0 Å². The molecule has 0 unspecified atom stereocenters. The molecule has 0 atom stereocenters. The Labute approximate surface area is 121 Å². The van der Waals surface area contributed by atoms with Gasteiger partial charge in [0.25, 0.3) is 0 Å². The highest BCUT2D eigenvalue weighted by Crippen LogP contribution is 2.23. The van der Waals surface area contributed by atoms with Crippen LogP contribution in [-0.4, -0.2) is 17.6 Å². The number of nitrogens with zero attached hydrogens (tertiary/aromatic N) is 1. The first-order valence-corrected chi connectivity index (χ1v) is 6.50. The highest BCUT2D eigenvalue weighted by Gasteiger charge is 2.15. The number of hydrogen-bond donors (Lipinski definition) is 2. The lowest BCUT2D eigenvalue weighted by Gasteiger charge is -2.11. The molecule has 0 saturated carbocycles. The molecule has 0 amide bonds. The lowest BCUT2D eigenvalue weighted by molar-refractivity contribution is 0.0527. The maximum atomic E-state index is 13.9. The van der Waals surface area contributed by atoms with E-state index in [2.05, 4.69) is 10.3 Å². The van der Waals surface area contributed by atoms with E-state index in [1.807, 2.05) is 6.07 Å². The third-order valence-corrected chi connectivity index (χ3v) is 2.84. The maximum absolute atomic E-state index is 13.9. The van der Waals surface area contributed by atoms with E-state index in [0.717, 1.165) is 11.6 Å². The molecule has 0 bridgehead atoms. The Morgan fingerprint density at radius 2 is 2.29 bits per heavy atom. The number of nitrogens with one attached hydrogen (secondary N) is 1. The average Bonchev–Trinajstić information content (AvgIpc) is 2.47. The van der Waals surface area contributed by atoms with Crippen molar-refractivity contribution in [3.8, 4) is 0 Å². The zero-order chi connectivity index (χ0) is 15.2. The lowest BCUT2D eigenvalue weighted by atomic mass is 10.1. The molecule has 0 aliphatic rings. The van der Waals surface area contributed by atoms with Crippen molar-refractivity contribution < 1.29 is 13.9 Å². The summed E-state index contributed by atoms with van der Waals surface area (Å²) < 4.78 is 18.8. The second-order valence-corrected chi connectivity index (χ2v) is 4.35. The van der Waals surface area contributed by atoms with Crippen LogP contribution < -0.4 is 11.1 Å². The Morgan fingerprint density at radius 1 is 1.48 bits per heavy atom. The zero-order valence-corrected chi connectivity index (χ0v) is 11.6. The number of hydrogen-bond acceptors (Lipinski definition) is 5. The fourth-order valence-electron chi connectivity index (χ4n) is 1.81. The summed E-state index contributed by atoms with van der Waals surface area (Å²) in [6.45, 7) is 2.31. The van der Waals surface area contributed by atoms with Crippen molar-refractivity contribution in [3.63, 3.8) is 0 Å². The van der Waals surface area contributed by atoms with Crippen LogP contribution in [0.5, 0.6) is 0 Å². The summed E-state index contributed by atoms with van der Waals surface area (Å²) in [7, 11) is 0.